The summed E-state index contributed by atoms with van der Waals surface area (Å²) in [4.78, 5) is 28.6. The lowest BCUT2D eigenvalue weighted by molar-refractivity contribution is -0.274. The molecular weight excluding hydrogens is 439 g/mol. The number of carbonyl (C=O) groups is 2. The number of alkyl halides is 3. The number of nitrogens with two attached hydrogens (primary N) is 1. The van der Waals surface area contributed by atoms with Crippen LogP contribution < -0.4 is 20.5 Å². The number of nitrogens with one attached hydrogen (secondary N) is 1. The summed E-state index contributed by atoms with van der Waals surface area (Å²) in [5.41, 5.74) is 5.58. The zero-order valence-electron chi connectivity index (χ0n) is 16.2. The van der Waals surface area contributed by atoms with E-state index in [-0.39, 0.29) is 30.7 Å². The smallest absolute Gasteiger partial charge is 0.484 e. The second-order valence-corrected chi connectivity index (χ2v) is 7.84. The molecule has 1 fully saturated rings. The Bertz CT molecular complexity index is 912. The van der Waals surface area contributed by atoms with Crippen LogP contribution in [0.3, 0.4) is 0 Å². The lowest BCUT2D eigenvalue weighted by Crippen LogP contribution is -2.28. The predicted octanol–water partition coefficient (Wildman–Crippen LogP) is 2.56. The molecule has 0 bridgehead atoms. The fourth-order valence-corrected chi connectivity index (χ4v) is 4.01. The van der Waals surface area contributed by atoms with E-state index in [0.29, 0.717) is 18.0 Å². The highest BCUT2D eigenvalue weighted by Gasteiger charge is 2.31. The van der Waals surface area contributed by atoms with Gasteiger partial charge in [-0.05, 0) is 37.1 Å². The van der Waals surface area contributed by atoms with Gasteiger partial charge in [0.1, 0.15) is 22.2 Å². The molecule has 8 nitrogen and oxygen atoms in total. The average Bonchev–Trinajstić information content (AvgIpc) is 3.35. The van der Waals surface area contributed by atoms with Crippen LogP contribution in [0, 0.1) is 0 Å². The van der Waals surface area contributed by atoms with Gasteiger partial charge in [-0.15, -0.1) is 24.5 Å². The van der Waals surface area contributed by atoms with Crippen LogP contribution in [0.2, 0.25) is 0 Å². The molecule has 0 aliphatic carbocycles. The molecule has 1 aliphatic heterocycles. The van der Waals surface area contributed by atoms with Crippen molar-refractivity contribution in [2.45, 2.75) is 38.3 Å². The third-order valence-electron chi connectivity index (χ3n) is 4.28. The number of amides is 2. The van der Waals surface area contributed by atoms with Gasteiger partial charge in [-0.2, -0.15) is 0 Å². The molecule has 1 atom stereocenters. The van der Waals surface area contributed by atoms with Crippen LogP contribution in [0.1, 0.15) is 33.2 Å². The van der Waals surface area contributed by atoms with Crippen LogP contribution in [0.15, 0.2) is 24.3 Å². The van der Waals surface area contributed by atoms with Crippen LogP contribution >= 0.6 is 11.3 Å². The fourth-order valence-electron chi connectivity index (χ4n) is 2.93. The summed E-state index contributed by atoms with van der Waals surface area (Å²) in [5.74, 6) is -1.29. The van der Waals surface area contributed by atoms with E-state index in [1.807, 2.05) is 0 Å². The van der Waals surface area contributed by atoms with Crippen LogP contribution in [0.25, 0.3) is 0 Å². The molecule has 168 valence electrons. The van der Waals surface area contributed by atoms with Gasteiger partial charge in [0.2, 0.25) is 0 Å². The van der Waals surface area contributed by atoms with Gasteiger partial charge in [-0.1, -0.05) is 0 Å². The number of carbonyl (C=O) groups excluding carboxylic acids is 2. The van der Waals surface area contributed by atoms with Crippen molar-refractivity contribution in [1.82, 2.24) is 10.3 Å². The van der Waals surface area contributed by atoms with E-state index in [1.165, 1.54) is 23.5 Å². The summed E-state index contributed by atoms with van der Waals surface area (Å²) in [6.07, 6.45) is -2.33. The van der Waals surface area contributed by atoms with Gasteiger partial charge in [-0.25, -0.2) is 4.98 Å². The Labute approximate surface area is 179 Å². The van der Waals surface area contributed by atoms with Gasteiger partial charge < -0.3 is 25.3 Å². The van der Waals surface area contributed by atoms with E-state index in [9.17, 15) is 22.8 Å². The Morgan fingerprint density at radius 2 is 1.97 bits per heavy atom. The number of hydrogen-bond acceptors (Lipinski definition) is 7. The third kappa shape index (κ3) is 7.10. The highest BCUT2D eigenvalue weighted by Crippen LogP contribution is 2.26. The lowest BCUT2D eigenvalue weighted by atomic mass is 10.1. The van der Waals surface area contributed by atoms with Crippen LogP contribution in [-0.4, -0.2) is 42.5 Å². The summed E-state index contributed by atoms with van der Waals surface area (Å²) >= 11 is 1.28. The third-order valence-corrected chi connectivity index (χ3v) is 5.35. The van der Waals surface area contributed by atoms with Gasteiger partial charge in [0.15, 0.2) is 6.61 Å². The first-order chi connectivity index (χ1) is 14.7. The molecule has 1 aromatic heterocycles. The minimum Gasteiger partial charge on any atom is -0.484 e. The number of benzene rings is 1. The van der Waals surface area contributed by atoms with E-state index in [4.69, 9.17) is 15.2 Å². The first-order valence-corrected chi connectivity index (χ1v) is 10.2. The molecule has 2 amide bonds. The van der Waals surface area contributed by atoms with E-state index in [1.54, 1.807) is 0 Å². The molecule has 0 saturated carbocycles. The number of ether oxygens (including phenoxy) is 3. The van der Waals surface area contributed by atoms with Crippen molar-refractivity contribution in [3.8, 4) is 11.5 Å². The van der Waals surface area contributed by atoms with Gasteiger partial charge in [0.05, 0.1) is 12.6 Å². The van der Waals surface area contributed by atoms with Crippen LogP contribution in [-0.2, 0) is 22.5 Å². The predicted molar refractivity (Wildman–Crippen MR) is 104 cm³/mol. The van der Waals surface area contributed by atoms with Crippen molar-refractivity contribution >= 4 is 23.2 Å². The molecule has 1 aromatic carbocycles. The zero-order chi connectivity index (χ0) is 22.4. The molecule has 0 spiro atoms. The minimum atomic E-state index is -4.78. The summed E-state index contributed by atoms with van der Waals surface area (Å²) in [6.45, 7) is 0.420. The lowest BCUT2D eigenvalue weighted by Gasteiger charge is -2.10. The number of thiazole rings is 1. The molecule has 3 rings (SSSR count). The van der Waals surface area contributed by atoms with Crippen molar-refractivity contribution in [2.24, 2.45) is 5.73 Å². The maximum atomic E-state index is 12.1. The molecule has 3 N–H and O–H groups in total. The normalized spacial score (nSPS) is 16.2. The van der Waals surface area contributed by atoms with Gasteiger partial charge in [-0.3, -0.25) is 9.59 Å². The maximum Gasteiger partial charge on any atom is 0.573 e. The summed E-state index contributed by atoms with van der Waals surface area (Å²) in [5, 5.41) is 3.13. The van der Waals surface area contributed by atoms with Crippen LogP contribution in [0.5, 0.6) is 11.5 Å². The largest absolute Gasteiger partial charge is 0.573 e. The quantitative estimate of drug-likeness (QED) is 0.596. The molecule has 1 saturated heterocycles. The number of nitrogens with zero attached hydrogens (tertiary/aromatic N) is 1. The number of aromatic nitrogens is 1. The Morgan fingerprint density at radius 3 is 2.58 bits per heavy atom. The molecule has 0 radical (unpaired) electrons. The molecule has 31 heavy (non-hydrogen) atoms. The van der Waals surface area contributed by atoms with Crippen molar-refractivity contribution < 1.29 is 37.0 Å². The molecule has 2 heterocycles. The number of hydrogen-bond donors (Lipinski definition) is 2. The van der Waals surface area contributed by atoms with E-state index >= 15 is 0 Å². The average molecular weight is 459 g/mol. The molecule has 2 aromatic rings. The highest BCUT2D eigenvalue weighted by molar-refractivity contribution is 7.11. The molecule has 1 aliphatic rings. The van der Waals surface area contributed by atoms with Crippen molar-refractivity contribution in [1.29, 1.82) is 0 Å². The van der Waals surface area contributed by atoms with Crippen molar-refractivity contribution in [3.63, 3.8) is 0 Å². The molecule has 12 heteroatoms. The summed E-state index contributed by atoms with van der Waals surface area (Å²) in [7, 11) is 0. The van der Waals surface area contributed by atoms with Crippen LogP contribution in [0.4, 0.5) is 13.2 Å². The number of halogens is 3. The fraction of sp³-hybridized carbons (Fsp3) is 0.421. The second kappa shape index (κ2) is 9.96. The summed E-state index contributed by atoms with van der Waals surface area (Å²) < 4.78 is 51.0. The first kappa shape index (κ1) is 22.8. The Kier molecular flexibility index (Phi) is 7.33. The van der Waals surface area contributed by atoms with Gasteiger partial charge in [0, 0.05) is 17.9 Å². The van der Waals surface area contributed by atoms with E-state index in [0.717, 1.165) is 29.9 Å². The second-order valence-electron chi connectivity index (χ2n) is 6.67. The first-order valence-electron chi connectivity index (χ1n) is 9.35. The number of rotatable bonds is 9. The molecule has 1 unspecified atom stereocenters. The monoisotopic (exact) mass is 459 g/mol. The zero-order valence-corrected chi connectivity index (χ0v) is 17.1. The number of primary amides is 1. The van der Waals surface area contributed by atoms with Crippen molar-refractivity contribution in [2.75, 3.05) is 13.2 Å². The minimum absolute atomic E-state index is 0.0299. The SMILES string of the molecule is NC(=O)c1nc(CNC(=O)COc2ccc(OC(F)(F)F)cc2)sc1CC1CCCO1. The van der Waals surface area contributed by atoms with Crippen molar-refractivity contribution in [3.05, 3.63) is 39.8 Å². The maximum absolute atomic E-state index is 12.1. The summed E-state index contributed by atoms with van der Waals surface area (Å²) in [6, 6.07) is 4.67. The standard InChI is InChI=1S/C19H20F3N3O5S/c20-19(21,22)30-12-5-3-11(4-6-12)29-10-15(26)24-9-16-25-17(18(23)27)14(31-16)8-13-2-1-7-28-13/h3-6,13H,1-2,7-10H2,(H2,23,27)(H,24,26). The van der Waals surface area contributed by atoms with E-state index < -0.39 is 23.9 Å². The Hall–Kier alpha value is -2.86. The Morgan fingerprint density at radius 1 is 1.26 bits per heavy atom. The highest BCUT2D eigenvalue weighted by atomic mass is 32.1. The van der Waals surface area contributed by atoms with Gasteiger partial charge in [0.25, 0.3) is 11.8 Å². The topological polar surface area (TPSA) is 113 Å². The van der Waals surface area contributed by atoms with E-state index in [2.05, 4.69) is 15.0 Å². The van der Waals surface area contributed by atoms with Gasteiger partial charge >= 0.3 is 6.36 Å². The Balaban J connectivity index is 1.48. The molecular formula is C19H20F3N3O5S.